The van der Waals surface area contributed by atoms with E-state index >= 15 is 0 Å². The van der Waals surface area contributed by atoms with Gasteiger partial charge in [-0.1, -0.05) is 26.0 Å². The summed E-state index contributed by atoms with van der Waals surface area (Å²) in [7, 11) is 1.59. The first kappa shape index (κ1) is 18.5. The molecule has 0 aromatic heterocycles. The Morgan fingerprint density at radius 2 is 1.83 bits per heavy atom. The first-order valence-electron chi connectivity index (χ1n) is 8.68. The molecule has 0 unspecified atom stereocenters. The molecule has 5 nitrogen and oxygen atoms in total. The van der Waals surface area contributed by atoms with Gasteiger partial charge in [0.25, 0.3) is 5.91 Å². The minimum Gasteiger partial charge on any atom is -0.384 e. The van der Waals surface area contributed by atoms with Gasteiger partial charge >= 0.3 is 0 Å². The van der Waals surface area contributed by atoms with Gasteiger partial charge in [-0.25, -0.2) is 0 Å². The number of methoxy groups -OCH3 is 1. The maximum absolute atomic E-state index is 12.6. The number of likely N-dealkylation sites (tertiary alicyclic amines) is 1. The van der Waals surface area contributed by atoms with Crippen molar-refractivity contribution >= 4 is 11.8 Å². The van der Waals surface area contributed by atoms with Crippen molar-refractivity contribution in [3.05, 3.63) is 35.4 Å². The largest absolute Gasteiger partial charge is 0.384 e. The molecule has 1 aromatic carbocycles. The number of carbonyl (C=O) groups is 2. The highest BCUT2D eigenvalue weighted by atomic mass is 16.5. The zero-order valence-corrected chi connectivity index (χ0v) is 14.9. The summed E-state index contributed by atoms with van der Waals surface area (Å²) in [5.74, 6) is 0.562. The molecule has 0 radical (unpaired) electrons. The number of carbonyl (C=O) groups excluding carboxylic acids is 2. The molecule has 0 aliphatic carbocycles. The standard InChI is InChI=1S/C19H28N2O3/c1-14(2)15-4-6-16(7-5-15)19(23)21-11-8-17(9-12-21)20-18(22)10-13-24-3/h4-7,14,17H,8-13H2,1-3H3,(H,20,22). The zero-order valence-electron chi connectivity index (χ0n) is 14.9. The SMILES string of the molecule is COCCC(=O)NC1CCN(C(=O)c2ccc(C(C)C)cc2)CC1. The molecule has 2 rings (SSSR count). The Morgan fingerprint density at radius 1 is 1.21 bits per heavy atom. The second-order valence-corrected chi connectivity index (χ2v) is 6.65. The lowest BCUT2D eigenvalue weighted by Crippen LogP contribution is -2.46. The number of hydrogen-bond donors (Lipinski definition) is 1. The smallest absolute Gasteiger partial charge is 0.253 e. The summed E-state index contributed by atoms with van der Waals surface area (Å²) in [5.41, 5.74) is 1.98. The van der Waals surface area contributed by atoms with Crippen molar-refractivity contribution in [2.75, 3.05) is 26.8 Å². The van der Waals surface area contributed by atoms with Crippen LogP contribution in [0.5, 0.6) is 0 Å². The molecule has 5 heteroatoms. The summed E-state index contributed by atoms with van der Waals surface area (Å²) in [6, 6.07) is 8.04. The Bertz CT molecular complexity index is 546. The molecule has 132 valence electrons. The summed E-state index contributed by atoms with van der Waals surface area (Å²) in [6.45, 7) is 6.08. The van der Waals surface area contributed by atoms with Crippen molar-refractivity contribution in [2.45, 2.75) is 45.1 Å². The van der Waals surface area contributed by atoms with E-state index in [0.29, 0.717) is 32.0 Å². The predicted molar refractivity (Wildman–Crippen MR) is 94.1 cm³/mol. The second-order valence-electron chi connectivity index (χ2n) is 6.65. The lowest BCUT2D eigenvalue weighted by molar-refractivity contribution is -0.122. The van der Waals surface area contributed by atoms with Crippen molar-refractivity contribution in [1.29, 1.82) is 0 Å². The third-order valence-corrected chi connectivity index (χ3v) is 4.50. The number of hydrogen-bond acceptors (Lipinski definition) is 3. The van der Waals surface area contributed by atoms with E-state index in [-0.39, 0.29) is 17.9 Å². The number of rotatable bonds is 6. The molecule has 1 aliphatic rings. The Morgan fingerprint density at radius 3 is 2.38 bits per heavy atom. The quantitative estimate of drug-likeness (QED) is 0.871. The highest BCUT2D eigenvalue weighted by Gasteiger charge is 2.24. The molecule has 1 N–H and O–H groups in total. The number of ether oxygens (including phenoxy) is 1. The van der Waals surface area contributed by atoms with E-state index in [9.17, 15) is 9.59 Å². The maximum atomic E-state index is 12.6. The summed E-state index contributed by atoms with van der Waals surface area (Å²) in [4.78, 5) is 26.2. The molecule has 1 heterocycles. The van der Waals surface area contributed by atoms with Gasteiger partial charge < -0.3 is 15.0 Å². The fourth-order valence-electron chi connectivity index (χ4n) is 2.91. The molecule has 1 saturated heterocycles. The van der Waals surface area contributed by atoms with Gasteiger partial charge in [0.15, 0.2) is 0 Å². The van der Waals surface area contributed by atoms with Crippen LogP contribution in [0, 0.1) is 0 Å². The second kappa shape index (κ2) is 8.83. The number of piperidine rings is 1. The van der Waals surface area contributed by atoms with E-state index in [1.54, 1.807) is 7.11 Å². The lowest BCUT2D eigenvalue weighted by atomic mass is 10.0. The van der Waals surface area contributed by atoms with Crippen LogP contribution in [0.15, 0.2) is 24.3 Å². The molecular formula is C19H28N2O3. The topological polar surface area (TPSA) is 58.6 Å². The fraction of sp³-hybridized carbons (Fsp3) is 0.579. The van der Waals surface area contributed by atoms with Crippen LogP contribution in [-0.2, 0) is 9.53 Å². The molecule has 1 fully saturated rings. The molecule has 1 aromatic rings. The van der Waals surface area contributed by atoms with Crippen LogP contribution in [0.25, 0.3) is 0 Å². The van der Waals surface area contributed by atoms with Gasteiger partial charge in [-0.15, -0.1) is 0 Å². The zero-order chi connectivity index (χ0) is 17.5. The minimum atomic E-state index is 0.0194. The molecular weight excluding hydrogens is 304 g/mol. The highest BCUT2D eigenvalue weighted by Crippen LogP contribution is 2.18. The number of amides is 2. The van der Waals surface area contributed by atoms with Gasteiger partial charge in [0, 0.05) is 38.2 Å². The lowest BCUT2D eigenvalue weighted by Gasteiger charge is -2.32. The Balaban J connectivity index is 1.83. The van der Waals surface area contributed by atoms with E-state index in [1.165, 1.54) is 5.56 Å². The van der Waals surface area contributed by atoms with E-state index in [0.717, 1.165) is 18.4 Å². The molecule has 0 atom stereocenters. The molecule has 24 heavy (non-hydrogen) atoms. The summed E-state index contributed by atoms with van der Waals surface area (Å²) in [5, 5.41) is 3.02. The normalized spacial score (nSPS) is 15.6. The van der Waals surface area contributed by atoms with E-state index < -0.39 is 0 Å². The van der Waals surface area contributed by atoms with Crippen LogP contribution in [0.3, 0.4) is 0 Å². The van der Waals surface area contributed by atoms with Crippen molar-refractivity contribution < 1.29 is 14.3 Å². The Kier molecular flexibility index (Phi) is 6.79. The van der Waals surface area contributed by atoms with Crippen LogP contribution in [-0.4, -0.2) is 49.6 Å². The average Bonchev–Trinajstić information content (AvgIpc) is 2.60. The average molecular weight is 332 g/mol. The van der Waals surface area contributed by atoms with Crippen molar-refractivity contribution in [1.82, 2.24) is 10.2 Å². The number of benzene rings is 1. The van der Waals surface area contributed by atoms with Gasteiger partial charge in [-0.3, -0.25) is 9.59 Å². The Hall–Kier alpha value is -1.88. The molecule has 0 bridgehead atoms. The first-order chi connectivity index (χ1) is 11.5. The third-order valence-electron chi connectivity index (χ3n) is 4.50. The summed E-state index contributed by atoms with van der Waals surface area (Å²) >= 11 is 0. The minimum absolute atomic E-state index is 0.0194. The van der Waals surface area contributed by atoms with Gasteiger partial charge in [0.05, 0.1) is 6.61 Å². The molecule has 1 aliphatic heterocycles. The van der Waals surface area contributed by atoms with Crippen LogP contribution in [0.2, 0.25) is 0 Å². The predicted octanol–water partition coefficient (Wildman–Crippen LogP) is 2.57. The molecule has 0 spiro atoms. The van der Waals surface area contributed by atoms with Gasteiger partial charge in [-0.05, 0) is 36.5 Å². The molecule has 2 amide bonds. The number of nitrogens with one attached hydrogen (secondary N) is 1. The van der Waals surface area contributed by atoms with Gasteiger partial charge in [0.2, 0.25) is 5.91 Å². The van der Waals surface area contributed by atoms with E-state index in [1.807, 2.05) is 29.2 Å². The first-order valence-corrected chi connectivity index (χ1v) is 8.68. The summed E-state index contributed by atoms with van der Waals surface area (Å²) in [6.07, 6.45) is 1.99. The number of nitrogens with zero attached hydrogens (tertiary/aromatic N) is 1. The van der Waals surface area contributed by atoms with Crippen molar-refractivity contribution in [2.24, 2.45) is 0 Å². The van der Waals surface area contributed by atoms with Crippen LogP contribution in [0.1, 0.15) is 54.9 Å². The maximum Gasteiger partial charge on any atom is 0.253 e. The van der Waals surface area contributed by atoms with Crippen LogP contribution >= 0.6 is 0 Å². The van der Waals surface area contributed by atoms with Crippen molar-refractivity contribution in [3.63, 3.8) is 0 Å². The van der Waals surface area contributed by atoms with Crippen LogP contribution < -0.4 is 5.32 Å². The van der Waals surface area contributed by atoms with Gasteiger partial charge in [0.1, 0.15) is 0 Å². The summed E-state index contributed by atoms with van der Waals surface area (Å²) < 4.78 is 4.91. The van der Waals surface area contributed by atoms with E-state index in [2.05, 4.69) is 19.2 Å². The van der Waals surface area contributed by atoms with Gasteiger partial charge in [-0.2, -0.15) is 0 Å². The van der Waals surface area contributed by atoms with Crippen molar-refractivity contribution in [3.8, 4) is 0 Å². The Labute approximate surface area is 144 Å². The monoisotopic (exact) mass is 332 g/mol. The third kappa shape index (κ3) is 5.06. The highest BCUT2D eigenvalue weighted by molar-refractivity contribution is 5.94. The van der Waals surface area contributed by atoms with E-state index in [4.69, 9.17) is 4.74 Å². The fourth-order valence-corrected chi connectivity index (χ4v) is 2.91. The van der Waals surface area contributed by atoms with Crippen LogP contribution in [0.4, 0.5) is 0 Å². The molecule has 0 saturated carbocycles.